The highest BCUT2D eigenvalue weighted by molar-refractivity contribution is 5.96. The zero-order valence-corrected chi connectivity index (χ0v) is 16.8. The number of rotatable bonds is 12. The van der Waals surface area contributed by atoms with Crippen molar-refractivity contribution in [3.05, 3.63) is 54.1 Å². The van der Waals surface area contributed by atoms with Gasteiger partial charge in [-0.15, -0.1) is 0 Å². The molecule has 0 saturated heterocycles. The van der Waals surface area contributed by atoms with Crippen LogP contribution in [0.4, 0.5) is 0 Å². The van der Waals surface area contributed by atoms with Gasteiger partial charge in [-0.2, -0.15) is 0 Å². The number of benzene rings is 2. The predicted octanol–water partition coefficient (Wildman–Crippen LogP) is 3.23. The lowest BCUT2D eigenvalue weighted by molar-refractivity contribution is -0.143. The molecule has 2 aromatic rings. The standard InChI is InChI=1S/C22H27NO6/c1-3-4-13-27-19-7-5-17(6-8-19)22(25)23-16-21(24)29-15-14-28-20-11-9-18(26-2)10-12-20/h5-12H,3-4,13-16H2,1-2H3,(H,23,25). The Morgan fingerprint density at radius 1 is 0.828 bits per heavy atom. The SMILES string of the molecule is CCCCOc1ccc(C(=O)NCC(=O)OCCOc2ccc(OC)cc2)cc1. The van der Waals surface area contributed by atoms with E-state index < -0.39 is 5.97 Å². The van der Waals surface area contributed by atoms with Gasteiger partial charge in [0, 0.05) is 5.56 Å². The van der Waals surface area contributed by atoms with Crippen molar-refractivity contribution in [1.82, 2.24) is 5.32 Å². The first kappa shape index (κ1) is 22.1. The van der Waals surface area contributed by atoms with Gasteiger partial charge in [0.1, 0.15) is 37.0 Å². The molecule has 0 aromatic heterocycles. The van der Waals surface area contributed by atoms with E-state index in [9.17, 15) is 9.59 Å². The minimum absolute atomic E-state index is 0.0878. The first-order valence-corrected chi connectivity index (χ1v) is 9.56. The fourth-order valence-electron chi connectivity index (χ4n) is 2.33. The van der Waals surface area contributed by atoms with Gasteiger partial charge in [0.15, 0.2) is 0 Å². The van der Waals surface area contributed by atoms with E-state index in [2.05, 4.69) is 12.2 Å². The fourth-order valence-corrected chi connectivity index (χ4v) is 2.33. The quantitative estimate of drug-likeness (QED) is 0.434. The molecule has 0 aliphatic carbocycles. The van der Waals surface area contributed by atoms with Gasteiger partial charge in [-0.25, -0.2) is 0 Å². The van der Waals surface area contributed by atoms with Gasteiger partial charge in [0.2, 0.25) is 0 Å². The Morgan fingerprint density at radius 2 is 1.41 bits per heavy atom. The van der Waals surface area contributed by atoms with Crippen molar-refractivity contribution in [1.29, 1.82) is 0 Å². The number of amides is 1. The predicted molar refractivity (Wildman–Crippen MR) is 109 cm³/mol. The molecule has 0 unspecified atom stereocenters. The van der Waals surface area contributed by atoms with Crippen LogP contribution in [0.1, 0.15) is 30.1 Å². The summed E-state index contributed by atoms with van der Waals surface area (Å²) in [5.74, 6) is 1.22. The molecular formula is C22H27NO6. The van der Waals surface area contributed by atoms with Gasteiger partial charge < -0.3 is 24.3 Å². The molecule has 0 bridgehead atoms. The van der Waals surface area contributed by atoms with Crippen molar-refractivity contribution in [2.24, 2.45) is 0 Å². The van der Waals surface area contributed by atoms with Crippen LogP contribution >= 0.6 is 0 Å². The van der Waals surface area contributed by atoms with E-state index in [1.54, 1.807) is 55.6 Å². The second kappa shape index (κ2) is 12.3. The lowest BCUT2D eigenvalue weighted by Gasteiger charge is -2.09. The molecule has 1 N–H and O–H groups in total. The minimum Gasteiger partial charge on any atom is -0.497 e. The van der Waals surface area contributed by atoms with Crippen molar-refractivity contribution >= 4 is 11.9 Å². The molecule has 7 nitrogen and oxygen atoms in total. The third kappa shape index (κ3) is 8.13. The number of unbranched alkanes of at least 4 members (excludes halogenated alkanes) is 1. The van der Waals surface area contributed by atoms with Crippen molar-refractivity contribution in [2.75, 3.05) is 33.5 Å². The monoisotopic (exact) mass is 401 g/mol. The maximum absolute atomic E-state index is 12.1. The molecule has 7 heteroatoms. The number of nitrogens with one attached hydrogen (secondary N) is 1. The van der Waals surface area contributed by atoms with Gasteiger partial charge >= 0.3 is 5.97 Å². The summed E-state index contributed by atoms with van der Waals surface area (Å²) in [6, 6.07) is 13.9. The lowest BCUT2D eigenvalue weighted by Crippen LogP contribution is -2.31. The van der Waals surface area contributed by atoms with Crippen LogP contribution in [0.25, 0.3) is 0 Å². The highest BCUT2D eigenvalue weighted by Gasteiger charge is 2.09. The summed E-state index contributed by atoms with van der Waals surface area (Å²) in [6.07, 6.45) is 2.04. The first-order valence-electron chi connectivity index (χ1n) is 9.56. The Bertz CT molecular complexity index is 758. The molecule has 0 radical (unpaired) electrons. The van der Waals surface area contributed by atoms with Gasteiger partial charge in [-0.1, -0.05) is 13.3 Å². The molecule has 156 valence electrons. The smallest absolute Gasteiger partial charge is 0.325 e. The number of esters is 1. The summed E-state index contributed by atoms with van der Waals surface area (Å²) in [6.45, 7) is 2.83. The zero-order chi connectivity index (χ0) is 20.9. The van der Waals surface area contributed by atoms with E-state index in [-0.39, 0.29) is 25.7 Å². The van der Waals surface area contributed by atoms with Crippen LogP contribution in [0, 0.1) is 0 Å². The van der Waals surface area contributed by atoms with E-state index in [0.29, 0.717) is 23.7 Å². The topological polar surface area (TPSA) is 83.1 Å². The molecule has 2 rings (SSSR count). The molecule has 0 spiro atoms. The Hall–Kier alpha value is -3.22. The molecule has 0 saturated carbocycles. The number of carbonyl (C=O) groups is 2. The molecule has 0 fully saturated rings. The Labute approximate surface area is 170 Å². The Kier molecular flexibility index (Phi) is 9.35. The maximum atomic E-state index is 12.1. The van der Waals surface area contributed by atoms with Crippen molar-refractivity contribution in [3.63, 3.8) is 0 Å². The van der Waals surface area contributed by atoms with Crippen LogP contribution in [-0.4, -0.2) is 45.4 Å². The molecule has 0 aliphatic rings. The van der Waals surface area contributed by atoms with Crippen LogP contribution in [0.5, 0.6) is 17.2 Å². The molecule has 0 heterocycles. The first-order chi connectivity index (χ1) is 14.1. The largest absolute Gasteiger partial charge is 0.497 e. The summed E-state index contributed by atoms with van der Waals surface area (Å²) in [7, 11) is 1.59. The third-order valence-corrected chi connectivity index (χ3v) is 3.95. The van der Waals surface area contributed by atoms with Crippen LogP contribution < -0.4 is 19.5 Å². The normalized spacial score (nSPS) is 10.1. The molecule has 0 aliphatic heterocycles. The van der Waals surface area contributed by atoms with Gasteiger partial charge in [0.25, 0.3) is 5.91 Å². The second-order valence-electron chi connectivity index (χ2n) is 6.15. The lowest BCUT2D eigenvalue weighted by atomic mass is 10.2. The zero-order valence-electron chi connectivity index (χ0n) is 16.8. The molecule has 2 aromatic carbocycles. The summed E-state index contributed by atoms with van der Waals surface area (Å²) < 4.78 is 21.1. The Morgan fingerprint density at radius 3 is 2.03 bits per heavy atom. The van der Waals surface area contributed by atoms with E-state index in [0.717, 1.165) is 18.6 Å². The van der Waals surface area contributed by atoms with Crippen molar-refractivity contribution in [2.45, 2.75) is 19.8 Å². The fraction of sp³-hybridized carbons (Fsp3) is 0.364. The highest BCUT2D eigenvalue weighted by Crippen LogP contribution is 2.16. The molecule has 29 heavy (non-hydrogen) atoms. The van der Waals surface area contributed by atoms with Crippen LogP contribution in [0.3, 0.4) is 0 Å². The van der Waals surface area contributed by atoms with Crippen LogP contribution in [0.15, 0.2) is 48.5 Å². The third-order valence-electron chi connectivity index (χ3n) is 3.95. The summed E-state index contributed by atoms with van der Waals surface area (Å²) >= 11 is 0. The average molecular weight is 401 g/mol. The second-order valence-corrected chi connectivity index (χ2v) is 6.15. The highest BCUT2D eigenvalue weighted by atomic mass is 16.6. The number of hydrogen-bond acceptors (Lipinski definition) is 6. The van der Waals surface area contributed by atoms with E-state index in [1.165, 1.54) is 0 Å². The number of methoxy groups -OCH3 is 1. The van der Waals surface area contributed by atoms with Crippen LogP contribution in [0.2, 0.25) is 0 Å². The van der Waals surface area contributed by atoms with E-state index in [4.69, 9.17) is 18.9 Å². The van der Waals surface area contributed by atoms with E-state index >= 15 is 0 Å². The molecular weight excluding hydrogens is 374 g/mol. The van der Waals surface area contributed by atoms with Crippen molar-refractivity contribution in [3.8, 4) is 17.2 Å². The number of hydrogen-bond donors (Lipinski definition) is 1. The number of carbonyl (C=O) groups excluding carboxylic acids is 2. The van der Waals surface area contributed by atoms with Gasteiger partial charge in [0.05, 0.1) is 13.7 Å². The summed E-state index contributed by atoms with van der Waals surface area (Å²) in [5, 5.41) is 2.53. The van der Waals surface area contributed by atoms with Gasteiger partial charge in [-0.3, -0.25) is 9.59 Å². The van der Waals surface area contributed by atoms with Gasteiger partial charge in [-0.05, 0) is 55.0 Å². The van der Waals surface area contributed by atoms with E-state index in [1.807, 2.05) is 0 Å². The average Bonchev–Trinajstić information content (AvgIpc) is 2.76. The van der Waals surface area contributed by atoms with Crippen LogP contribution in [-0.2, 0) is 9.53 Å². The van der Waals surface area contributed by atoms with Crippen molar-refractivity contribution < 1.29 is 28.5 Å². The minimum atomic E-state index is -0.531. The maximum Gasteiger partial charge on any atom is 0.325 e. The number of ether oxygens (including phenoxy) is 4. The summed E-state index contributed by atoms with van der Waals surface area (Å²) in [4.78, 5) is 23.8. The Balaban J connectivity index is 1.63. The molecule has 0 atom stereocenters. The molecule has 1 amide bonds. The summed E-state index contributed by atoms with van der Waals surface area (Å²) in [5.41, 5.74) is 0.448.